The van der Waals surface area contributed by atoms with Crippen molar-refractivity contribution in [3.05, 3.63) is 138 Å². The summed E-state index contributed by atoms with van der Waals surface area (Å²) >= 11 is 0. The maximum atomic E-state index is 4.73. The SMILES string of the molecule is CC1(C)c2ccccc2-c2c1ccc1c3ccccc3n(-c3cccc(C/N=C/c4ccccc4)c3)c21. The van der Waals surface area contributed by atoms with Crippen molar-refractivity contribution in [2.45, 2.75) is 25.8 Å². The van der Waals surface area contributed by atoms with Gasteiger partial charge in [0.25, 0.3) is 0 Å². The molecule has 2 nitrogen and oxygen atoms in total. The molecule has 0 spiro atoms. The van der Waals surface area contributed by atoms with Crippen molar-refractivity contribution < 1.29 is 0 Å². The van der Waals surface area contributed by atoms with E-state index < -0.39 is 0 Å². The fourth-order valence-electron chi connectivity index (χ4n) is 6.10. The highest BCUT2D eigenvalue weighted by atomic mass is 15.0. The van der Waals surface area contributed by atoms with Gasteiger partial charge in [0.05, 0.1) is 17.6 Å². The molecule has 0 atom stereocenters. The summed E-state index contributed by atoms with van der Waals surface area (Å²) in [6.07, 6.45) is 1.96. The quantitative estimate of drug-likeness (QED) is 0.226. The van der Waals surface area contributed by atoms with Gasteiger partial charge in [0.1, 0.15) is 0 Å². The standard InChI is InChI=1S/C35H28N2/c1-35(2)30-17-8-6-16-29(30)33-31(35)20-19-28-27-15-7-9-18-32(27)37(34(28)33)26-14-10-13-25(21-26)23-36-22-24-11-4-3-5-12-24/h3-22H,23H2,1-2H3/b36-22+. The van der Waals surface area contributed by atoms with Gasteiger partial charge in [-0.1, -0.05) is 111 Å². The van der Waals surface area contributed by atoms with Crippen molar-refractivity contribution >= 4 is 28.0 Å². The number of hydrogen-bond donors (Lipinski definition) is 0. The Bertz CT molecular complexity index is 1820. The maximum Gasteiger partial charge on any atom is 0.0640 e. The zero-order chi connectivity index (χ0) is 25.0. The second kappa shape index (κ2) is 8.31. The lowest BCUT2D eigenvalue weighted by atomic mass is 9.82. The van der Waals surface area contributed by atoms with Crippen LogP contribution in [-0.2, 0) is 12.0 Å². The molecule has 7 rings (SSSR count). The molecule has 0 unspecified atom stereocenters. The van der Waals surface area contributed by atoms with Gasteiger partial charge in [0.2, 0.25) is 0 Å². The predicted octanol–water partition coefficient (Wildman–Crippen LogP) is 8.71. The number of rotatable bonds is 4. The molecule has 1 aliphatic rings. The van der Waals surface area contributed by atoms with Crippen molar-refractivity contribution in [1.29, 1.82) is 0 Å². The molecule has 0 amide bonds. The van der Waals surface area contributed by atoms with Crippen molar-refractivity contribution in [3.8, 4) is 16.8 Å². The van der Waals surface area contributed by atoms with E-state index in [0.29, 0.717) is 6.54 Å². The summed E-state index contributed by atoms with van der Waals surface area (Å²) in [6, 6.07) is 41.5. The molecule has 37 heavy (non-hydrogen) atoms. The van der Waals surface area contributed by atoms with E-state index in [0.717, 1.165) is 5.56 Å². The van der Waals surface area contributed by atoms with Crippen molar-refractivity contribution in [1.82, 2.24) is 4.57 Å². The Morgan fingerprint density at radius 1 is 0.703 bits per heavy atom. The van der Waals surface area contributed by atoms with Gasteiger partial charge in [0.15, 0.2) is 0 Å². The molecule has 2 heteroatoms. The molecule has 1 aliphatic carbocycles. The van der Waals surface area contributed by atoms with Crippen LogP contribution in [0.1, 0.15) is 36.1 Å². The van der Waals surface area contributed by atoms with Gasteiger partial charge in [-0.2, -0.15) is 0 Å². The van der Waals surface area contributed by atoms with Crippen molar-refractivity contribution in [2.24, 2.45) is 4.99 Å². The smallest absolute Gasteiger partial charge is 0.0640 e. The van der Waals surface area contributed by atoms with E-state index in [-0.39, 0.29) is 5.41 Å². The first kappa shape index (κ1) is 21.8. The Hall–Kier alpha value is -4.43. The number of aromatic nitrogens is 1. The molecule has 178 valence electrons. The molecule has 0 saturated carbocycles. The number of aliphatic imine (C=N–C) groups is 1. The monoisotopic (exact) mass is 476 g/mol. The van der Waals surface area contributed by atoms with E-state index in [1.54, 1.807) is 0 Å². The van der Waals surface area contributed by atoms with Crippen molar-refractivity contribution in [2.75, 3.05) is 0 Å². The second-order valence-corrected chi connectivity index (χ2v) is 10.5. The minimum atomic E-state index is -0.0323. The van der Waals surface area contributed by atoms with Gasteiger partial charge < -0.3 is 4.57 Å². The lowest BCUT2D eigenvalue weighted by Gasteiger charge is -2.21. The summed E-state index contributed by atoms with van der Waals surface area (Å²) < 4.78 is 2.46. The highest BCUT2D eigenvalue weighted by Gasteiger charge is 2.37. The lowest BCUT2D eigenvalue weighted by Crippen LogP contribution is -2.14. The van der Waals surface area contributed by atoms with Crippen LogP contribution in [0.5, 0.6) is 0 Å². The minimum absolute atomic E-state index is 0.0323. The van der Waals surface area contributed by atoms with Gasteiger partial charge in [-0.05, 0) is 46.0 Å². The van der Waals surface area contributed by atoms with Gasteiger partial charge in [-0.25, -0.2) is 0 Å². The van der Waals surface area contributed by atoms with Crippen LogP contribution in [-0.4, -0.2) is 10.8 Å². The van der Waals surface area contributed by atoms with Crippen LogP contribution in [0.3, 0.4) is 0 Å². The third-order valence-electron chi connectivity index (χ3n) is 7.86. The molecule has 0 fully saturated rings. The Morgan fingerprint density at radius 2 is 1.49 bits per heavy atom. The molecule has 5 aromatic carbocycles. The molecule has 0 N–H and O–H groups in total. The zero-order valence-electron chi connectivity index (χ0n) is 21.1. The van der Waals surface area contributed by atoms with Crippen LogP contribution >= 0.6 is 0 Å². The first-order chi connectivity index (χ1) is 18.1. The largest absolute Gasteiger partial charge is 0.309 e. The first-order valence-corrected chi connectivity index (χ1v) is 12.9. The highest BCUT2D eigenvalue weighted by molar-refractivity contribution is 6.15. The molecular weight excluding hydrogens is 448 g/mol. The second-order valence-electron chi connectivity index (χ2n) is 10.5. The molecule has 0 aliphatic heterocycles. The summed E-state index contributed by atoms with van der Waals surface area (Å²) in [6.45, 7) is 5.34. The summed E-state index contributed by atoms with van der Waals surface area (Å²) in [5.74, 6) is 0. The molecule has 1 heterocycles. The minimum Gasteiger partial charge on any atom is -0.309 e. The molecular formula is C35H28N2. The van der Waals surface area contributed by atoms with E-state index in [1.165, 1.54) is 55.3 Å². The molecule has 6 aromatic rings. The number of nitrogens with zero attached hydrogens (tertiary/aromatic N) is 2. The number of fused-ring (bicyclic) bond motifs is 7. The fourth-order valence-corrected chi connectivity index (χ4v) is 6.10. The van der Waals surface area contributed by atoms with Crippen LogP contribution in [0, 0.1) is 0 Å². The van der Waals surface area contributed by atoms with Crippen molar-refractivity contribution in [3.63, 3.8) is 0 Å². The average molecular weight is 477 g/mol. The van der Waals surface area contributed by atoms with E-state index in [1.807, 2.05) is 24.4 Å². The third-order valence-corrected chi connectivity index (χ3v) is 7.86. The normalized spacial score (nSPS) is 13.9. The maximum absolute atomic E-state index is 4.73. The average Bonchev–Trinajstić information content (AvgIpc) is 3.39. The summed E-state index contributed by atoms with van der Waals surface area (Å²) in [7, 11) is 0. The summed E-state index contributed by atoms with van der Waals surface area (Å²) in [5.41, 5.74) is 11.5. The molecule has 1 aromatic heterocycles. The van der Waals surface area contributed by atoms with Gasteiger partial charge in [-0.15, -0.1) is 0 Å². The van der Waals surface area contributed by atoms with Crippen LogP contribution in [0.2, 0.25) is 0 Å². The fraction of sp³-hybridized carbons (Fsp3) is 0.114. The van der Waals surface area contributed by atoms with E-state index in [2.05, 4.69) is 115 Å². The van der Waals surface area contributed by atoms with E-state index in [4.69, 9.17) is 4.99 Å². The Labute approximate surface area is 217 Å². The first-order valence-electron chi connectivity index (χ1n) is 12.9. The van der Waals surface area contributed by atoms with Crippen LogP contribution in [0.15, 0.2) is 120 Å². The number of benzene rings is 5. The zero-order valence-corrected chi connectivity index (χ0v) is 21.1. The van der Waals surface area contributed by atoms with Crippen LogP contribution < -0.4 is 0 Å². The highest BCUT2D eigenvalue weighted by Crippen LogP contribution is 2.52. The molecule has 0 bridgehead atoms. The summed E-state index contributed by atoms with van der Waals surface area (Å²) in [5, 5.41) is 2.59. The van der Waals surface area contributed by atoms with Crippen LogP contribution in [0.4, 0.5) is 0 Å². The molecule has 0 saturated heterocycles. The number of para-hydroxylation sites is 1. The Kier molecular flexibility index (Phi) is 4.90. The van der Waals surface area contributed by atoms with E-state index >= 15 is 0 Å². The molecule has 0 radical (unpaired) electrons. The van der Waals surface area contributed by atoms with Gasteiger partial charge in [-0.3, -0.25) is 4.99 Å². The topological polar surface area (TPSA) is 17.3 Å². The summed E-state index contributed by atoms with van der Waals surface area (Å²) in [4.78, 5) is 4.73. The van der Waals surface area contributed by atoms with Crippen LogP contribution in [0.25, 0.3) is 38.6 Å². The van der Waals surface area contributed by atoms with E-state index in [9.17, 15) is 0 Å². The Morgan fingerprint density at radius 3 is 2.38 bits per heavy atom. The van der Waals surface area contributed by atoms with Gasteiger partial charge in [0, 0.05) is 33.7 Å². The number of hydrogen-bond acceptors (Lipinski definition) is 1. The third kappa shape index (κ3) is 3.37. The Balaban J connectivity index is 1.45. The lowest BCUT2D eigenvalue weighted by molar-refractivity contribution is 0.661. The predicted molar refractivity (Wildman–Crippen MR) is 156 cm³/mol. The van der Waals surface area contributed by atoms with Gasteiger partial charge >= 0.3 is 0 Å².